The fourth-order valence-corrected chi connectivity index (χ4v) is 5.43. The highest BCUT2D eigenvalue weighted by atomic mass is 32.2. The van der Waals surface area contributed by atoms with E-state index in [4.69, 9.17) is 29.3 Å². The van der Waals surface area contributed by atoms with Gasteiger partial charge < -0.3 is 24.6 Å². The van der Waals surface area contributed by atoms with Crippen molar-refractivity contribution < 1.29 is 51.7 Å². The monoisotopic (exact) mass is 596 g/mol. The van der Waals surface area contributed by atoms with Gasteiger partial charge in [-0.2, -0.15) is 4.31 Å². The van der Waals surface area contributed by atoms with Gasteiger partial charge in [0.25, 0.3) is 0 Å². The van der Waals surface area contributed by atoms with Crippen molar-refractivity contribution in [2.45, 2.75) is 24.7 Å². The molecule has 2 aromatic carbocycles. The van der Waals surface area contributed by atoms with E-state index in [-0.39, 0.29) is 42.1 Å². The molecular formula is C27H33FN2O10S. The van der Waals surface area contributed by atoms with Crippen LogP contribution in [0, 0.1) is 11.7 Å². The molecule has 0 amide bonds. The molecule has 1 aliphatic heterocycles. The number of carbonyl (C=O) groups is 4. The summed E-state index contributed by atoms with van der Waals surface area (Å²) in [5, 5.41) is 14.8. The number of aliphatic carboxylic acids is 2. The van der Waals surface area contributed by atoms with E-state index >= 15 is 0 Å². The Hall–Kier alpha value is -3.88. The highest BCUT2D eigenvalue weighted by Crippen LogP contribution is 2.23. The van der Waals surface area contributed by atoms with Crippen LogP contribution in [0.1, 0.15) is 30.1 Å². The van der Waals surface area contributed by atoms with Gasteiger partial charge in [-0.15, -0.1) is 0 Å². The SMILES string of the molecule is CCOC(=O)CN(CCN1CCC(C(=O)c2ccc(F)cc2)CC1)S(=O)(=O)c1ccc(OC)cc1.O=C(O)C(=O)O. The van der Waals surface area contributed by atoms with Crippen molar-refractivity contribution >= 4 is 33.7 Å². The highest BCUT2D eigenvalue weighted by molar-refractivity contribution is 7.89. The molecule has 1 saturated heterocycles. The molecule has 3 rings (SSSR count). The number of rotatable bonds is 11. The molecule has 0 spiro atoms. The van der Waals surface area contributed by atoms with Gasteiger partial charge in [0.05, 0.1) is 18.6 Å². The molecule has 2 N–H and O–H groups in total. The third kappa shape index (κ3) is 10.2. The van der Waals surface area contributed by atoms with Gasteiger partial charge in [0.2, 0.25) is 10.0 Å². The number of halogens is 1. The zero-order chi connectivity index (χ0) is 30.6. The summed E-state index contributed by atoms with van der Waals surface area (Å²) in [5.41, 5.74) is 0.496. The minimum Gasteiger partial charge on any atom is -0.497 e. The van der Waals surface area contributed by atoms with Crippen molar-refractivity contribution in [2.75, 3.05) is 46.4 Å². The number of hydrogen-bond donors (Lipinski definition) is 2. The third-order valence-corrected chi connectivity index (χ3v) is 8.10. The van der Waals surface area contributed by atoms with Gasteiger partial charge in [0.15, 0.2) is 5.78 Å². The van der Waals surface area contributed by atoms with Crippen molar-refractivity contribution in [3.63, 3.8) is 0 Å². The number of ketones is 1. The van der Waals surface area contributed by atoms with Crippen LogP contribution in [-0.2, 0) is 29.1 Å². The van der Waals surface area contributed by atoms with Gasteiger partial charge in [-0.3, -0.25) is 9.59 Å². The maximum Gasteiger partial charge on any atom is 0.414 e. The molecule has 0 bridgehead atoms. The van der Waals surface area contributed by atoms with E-state index in [0.717, 1.165) is 4.31 Å². The van der Waals surface area contributed by atoms with Crippen molar-refractivity contribution in [1.82, 2.24) is 9.21 Å². The Morgan fingerprint density at radius 2 is 1.54 bits per heavy atom. The lowest BCUT2D eigenvalue weighted by atomic mass is 9.89. The number of Topliss-reactive ketones (excluding diaryl/α,β-unsaturated/α-hetero) is 1. The van der Waals surface area contributed by atoms with Crippen molar-refractivity contribution in [3.05, 3.63) is 59.9 Å². The van der Waals surface area contributed by atoms with Crippen LogP contribution in [0.5, 0.6) is 5.75 Å². The van der Waals surface area contributed by atoms with E-state index in [9.17, 15) is 22.4 Å². The van der Waals surface area contributed by atoms with Gasteiger partial charge in [0.1, 0.15) is 18.1 Å². The average molecular weight is 597 g/mol. The molecule has 0 unspecified atom stereocenters. The van der Waals surface area contributed by atoms with Crippen molar-refractivity contribution in [1.29, 1.82) is 0 Å². The molecule has 0 aliphatic carbocycles. The van der Waals surface area contributed by atoms with E-state index < -0.39 is 27.9 Å². The zero-order valence-electron chi connectivity index (χ0n) is 22.7. The van der Waals surface area contributed by atoms with Crippen LogP contribution in [0.4, 0.5) is 4.39 Å². The fraction of sp³-hybridized carbons (Fsp3) is 0.407. The Labute approximate surface area is 237 Å². The number of sulfonamides is 1. The minimum atomic E-state index is -3.94. The number of piperidine rings is 1. The smallest absolute Gasteiger partial charge is 0.414 e. The van der Waals surface area contributed by atoms with Crippen LogP contribution in [0.2, 0.25) is 0 Å². The number of methoxy groups -OCH3 is 1. The number of ether oxygens (including phenoxy) is 2. The number of carboxylic acids is 2. The summed E-state index contributed by atoms with van der Waals surface area (Å²) in [7, 11) is -2.45. The van der Waals surface area contributed by atoms with Crippen LogP contribution in [0.3, 0.4) is 0 Å². The van der Waals surface area contributed by atoms with Gasteiger partial charge in [-0.25, -0.2) is 22.4 Å². The quantitative estimate of drug-likeness (QED) is 0.222. The molecular weight excluding hydrogens is 563 g/mol. The van der Waals surface area contributed by atoms with Crippen LogP contribution in [0.15, 0.2) is 53.4 Å². The summed E-state index contributed by atoms with van der Waals surface area (Å²) in [4.78, 5) is 45.2. The van der Waals surface area contributed by atoms with Crippen LogP contribution < -0.4 is 4.74 Å². The number of esters is 1. The Balaban J connectivity index is 0.000000883. The van der Waals surface area contributed by atoms with Crippen molar-refractivity contribution in [3.8, 4) is 5.75 Å². The number of nitrogens with zero attached hydrogens (tertiary/aromatic N) is 2. The zero-order valence-corrected chi connectivity index (χ0v) is 23.5. The first-order valence-corrected chi connectivity index (χ1v) is 14.1. The van der Waals surface area contributed by atoms with E-state index in [1.54, 1.807) is 19.1 Å². The second-order valence-corrected chi connectivity index (χ2v) is 10.9. The number of likely N-dealkylation sites (tertiary alicyclic amines) is 1. The normalized spacial score (nSPS) is 14.0. The first-order chi connectivity index (χ1) is 19.4. The molecule has 12 nitrogen and oxygen atoms in total. The lowest BCUT2D eigenvalue weighted by molar-refractivity contribution is -0.159. The topological polar surface area (TPSA) is 168 Å². The lowest BCUT2D eigenvalue weighted by Crippen LogP contribution is -2.44. The predicted octanol–water partition coefficient (Wildman–Crippen LogP) is 2.14. The molecule has 0 saturated carbocycles. The van der Waals surface area contributed by atoms with E-state index in [2.05, 4.69) is 4.90 Å². The summed E-state index contributed by atoms with van der Waals surface area (Å²) in [6, 6.07) is 11.6. The van der Waals surface area contributed by atoms with Gasteiger partial charge in [-0.1, -0.05) is 0 Å². The van der Waals surface area contributed by atoms with Gasteiger partial charge in [-0.05, 0) is 81.4 Å². The van der Waals surface area contributed by atoms with E-state index in [1.807, 2.05) is 0 Å². The molecule has 0 atom stereocenters. The van der Waals surface area contributed by atoms with E-state index in [0.29, 0.717) is 43.8 Å². The second-order valence-electron chi connectivity index (χ2n) is 8.92. The number of carbonyl (C=O) groups excluding carboxylic acids is 2. The molecule has 0 aromatic heterocycles. The Morgan fingerprint density at radius 3 is 2.02 bits per heavy atom. The molecule has 1 aliphatic rings. The van der Waals surface area contributed by atoms with Crippen molar-refractivity contribution in [2.24, 2.45) is 5.92 Å². The lowest BCUT2D eigenvalue weighted by Gasteiger charge is -2.32. The Kier molecular flexibility index (Phi) is 12.8. The summed E-state index contributed by atoms with van der Waals surface area (Å²) >= 11 is 0. The molecule has 41 heavy (non-hydrogen) atoms. The maximum atomic E-state index is 13.3. The molecule has 224 valence electrons. The summed E-state index contributed by atoms with van der Waals surface area (Å²) in [6.07, 6.45) is 1.25. The molecule has 2 aromatic rings. The summed E-state index contributed by atoms with van der Waals surface area (Å²) in [6.45, 7) is 3.18. The minimum absolute atomic E-state index is 0.00401. The van der Waals surface area contributed by atoms with Gasteiger partial charge in [0, 0.05) is 24.6 Å². The summed E-state index contributed by atoms with van der Waals surface area (Å²) < 4.78 is 50.9. The predicted molar refractivity (Wildman–Crippen MR) is 144 cm³/mol. The first kappa shape index (κ1) is 33.3. The summed E-state index contributed by atoms with van der Waals surface area (Å²) in [5.74, 6) is -4.28. The number of carboxylic acid groups (broad SMARTS) is 2. The van der Waals surface area contributed by atoms with Crippen LogP contribution >= 0.6 is 0 Å². The fourth-order valence-electron chi connectivity index (χ4n) is 4.05. The molecule has 1 fully saturated rings. The highest BCUT2D eigenvalue weighted by Gasteiger charge is 2.30. The number of benzene rings is 2. The maximum absolute atomic E-state index is 13.3. The molecule has 14 heteroatoms. The van der Waals surface area contributed by atoms with Crippen LogP contribution in [0.25, 0.3) is 0 Å². The standard InChI is InChI=1S/C25H31FN2O6S.C2H2O4/c1-3-34-24(29)18-28(35(31,32)23-10-8-22(33-2)9-11-23)17-16-27-14-12-20(13-15-27)25(30)19-4-6-21(26)7-5-19;3-1(4)2(5)6/h4-11,20H,3,12-18H2,1-2H3;(H,3,4)(H,5,6). The Bertz CT molecular complexity index is 1280. The van der Waals surface area contributed by atoms with Gasteiger partial charge >= 0.3 is 17.9 Å². The average Bonchev–Trinajstić information content (AvgIpc) is 2.96. The second kappa shape index (κ2) is 15.8. The molecule has 1 heterocycles. The molecule has 0 radical (unpaired) electrons. The van der Waals surface area contributed by atoms with E-state index in [1.165, 1.54) is 43.5 Å². The largest absolute Gasteiger partial charge is 0.497 e. The third-order valence-electron chi connectivity index (χ3n) is 6.24. The van der Waals surface area contributed by atoms with Crippen LogP contribution in [-0.4, -0.2) is 98.0 Å². The first-order valence-electron chi connectivity index (χ1n) is 12.7. The number of hydrogen-bond acceptors (Lipinski definition) is 9. The Morgan fingerprint density at radius 1 is 0.976 bits per heavy atom.